The van der Waals surface area contributed by atoms with E-state index in [0.29, 0.717) is 25.7 Å². The molecule has 0 saturated carbocycles. The van der Waals surface area contributed by atoms with Crippen LogP contribution in [0.2, 0.25) is 0 Å². The number of para-hydroxylation sites is 2. The van der Waals surface area contributed by atoms with E-state index in [2.05, 4.69) is 29.8 Å². The molecule has 3 N–H and O–H groups in total. The standard InChI is InChI=1S/C16H25N3O2/c1-4-21-10-15(11(2)3)19-16(20)14-9-17-12-7-5-6-8-13(12)18-14/h5-8,11,14-15,17-18H,4,9-10H2,1-3H3,(H,19,20). The Morgan fingerprint density at radius 1 is 1.38 bits per heavy atom. The lowest BCUT2D eigenvalue weighted by Gasteiger charge is -2.30. The molecule has 5 nitrogen and oxygen atoms in total. The van der Waals surface area contributed by atoms with Crippen molar-refractivity contribution in [3.8, 4) is 0 Å². The zero-order valence-corrected chi connectivity index (χ0v) is 13.0. The van der Waals surface area contributed by atoms with Gasteiger partial charge >= 0.3 is 0 Å². The highest BCUT2D eigenvalue weighted by Gasteiger charge is 2.26. The van der Waals surface area contributed by atoms with Crippen molar-refractivity contribution in [2.24, 2.45) is 5.92 Å². The van der Waals surface area contributed by atoms with Gasteiger partial charge in [-0.1, -0.05) is 26.0 Å². The van der Waals surface area contributed by atoms with E-state index in [1.54, 1.807) is 0 Å². The van der Waals surface area contributed by atoms with E-state index in [-0.39, 0.29) is 18.0 Å². The van der Waals surface area contributed by atoms with Crippen LogP contribution in [0, 0.1) is 5.92 Å². The first-order valence-electron chi connectivity index (χ1n) is 7.59. The second kappa shape index (κ2) is 7.31. The lowest BCUT2D eigenvalue weighted by molar-refractivity contribution is -0.123. The number of carbonyl (C=O) groups is 1. The number of rotatable bonds is 6. The van der Waals surface area contributed by atoms with Crippen LogP contribution in [-0.4, -0.2) is 37.7 Å². The molecule has 1 amide bonds. The minimum absolute atomic E-state index is 0.00964. The summed E-state index contributed by atoms with van der Waals surface area (Å²) in [4.78, 5) is 12.4. The van der Waals surface area contributed by atoms with E-state index >= 15 is 0 Å². The van der Waals surface area contributed by atoms with E-state index in [1.165, 1.54) is 0 Å². The lowest BCUT2D eigenvalue weighted by atomic mass is 10.0. The number of amides is 1. The summed E-state index contributed by atoms with van der Waals surface area (Å²) >= 11 is 0. The fraction of sp³-hybridized carbons (Fsp3) is 0.562. The Balaban J connectivity index is 1.94. The van der Waals surface area contributed by atoms with Gasteiger partial charge in [0.25, 0.3) is 0 Å². The van der Waals surface area contributed by atoms with Crippen LogP contribution in [0.15, 0.2) is 24.3 Å². The third-order valence-electron chi connectivity index (χ3n) is 3.70. The van der Waals surface area contributed by atoms with Crippen LogP contribution in [-0.2, 0) is 9.53 Å². The van der Waals surface area contributed by atoms with Crippen LogP contribution in [0.3, 0.4) is 0 Å². The highest BCUT2D eigenvalue weighted by Crippen LogP contribution is 2.25. The SMILES string of the molecule is CCOCC(NC(=O)C1CNc2ccccc2N1)C(C)C. The van der Waals surface area contributed by atoms with Crippen molar-refractivity contribution in [3.05, 3.63) is 24.3 Å². The van der Waals surface area contributed by atoms with Gasteiger partial charge in [-0.3, -0.25) is 4.79 Å². The largest absolute Gasteiger partial charge is 0.381 e. The second-order valence-electron chi connectivity index (χ2n) is 5.64. The maximum atomic E-state index is 12.4. The zero-order valence-electron chi connectivity index (χ0n) is 13.0. The number of hydrogen-bond donors (Lipinski definition) is 3. The molecular weight excluding hydrogens is 266 g/mol. The highest BCUT2D eigenvalue weighted by molar-refractivity contribution is 5.88. The third-order valence-corrected chi connectivity index (χ3v) is 3.70. The third kappa shape index (κ3) is 4.11. The fourth-order valence-corrected chi connectivity index (χ4v) is 2.30. The number of benzene rings is 1. The molecule has 1 aromatic rings. The monoisotopic (exact) mass is 291 g/mol. The minimum atomic E-state index is -0.261. The second-order valence-corrected chi connectivity index (χ2v) is 5.64. The first-order valence-corrected chi connectivity index (χ1v) is 7.59. The Labute approximate surface area is 126 Å². The molecule has 5 heteroatoms. The quantitative estimate of drug-likeness (QED) is 0.751. The van der Waals surface area contributed by atoms with Crippen molar-refractivity contribution in [1.29, 1.82) is 0 Å². The van der Waals surface area contributed by atoms with Gasteiger partial charge in [-0.25, -0.2) is 0 Å². The molecule has 0 radical (unpaired) electrons. The summed E-state index contributed by atoms with van der Waals surface area (Å²) in [6.45, 7) is 7.94. The van der Waals surface area contributed by atoms with Gasteiger partial charge in [0.15, 0.2) is 0 Å². The minimum Gasteiger partial charge on any atom is -0.381 e. The van der Waals surface area contributed by atoms with Crippen molar-refractivity contribution < 1.29 is 9.53 Å². The van der Waals surface area contributed by atoms with Gasteiger partial charge in [0.1, 0.15) is 6.04 Å². The van der Waals surface area contributed by atoms with E-state index < -0.39 is 0 Å². The van der Waals surface area contributed by atoms with Gasteiger partial charge in [-0.05, 0) is 25.0 Å². The van der Waals surface area contributed by atoms with Crippen LogP contribution in [0.25, 0.3) is 0 Å². The van der Waals surface area contributed by atoms with Gasteiger partial charge in [-0.2, -0.15) is 0 Å². The first kappa shape index (κ1) is 15.6. The Hall–Kier alpha value is -1.75. The normalized spacial score (nSPS) is 18.4. The molecule has 0 bridgehead atoms. The number of fused-ring (bicyclic) bond motifs is 1. The topological polar surface area (TPSA) is 62.4 Å². The average Bonchev–Trinajstić information content (AvgIpc) is 2.50. The van der Waals surface area contributed by atoms with Crippen LogP contribution in [0.4, 0.5) is 11.4 Å². The van der Waals surface area contributed by atoms with Gasteiger partial charge < -0.3 is 20.7 Å². The van der Waals surface area contributed by atoms with E-state index in [4.69, 9.17) is 4.74 Å². The molecule has 0 aromatic heterocycles. The Kier molecular flexibility index (Phi) is 5.44. The van der Waals surface area contributed by atoms with Crippen LogP contribution in [0.5, 0.6) is 0 Å². The predicted molar refractivity (Wildman–Crippen MR) is 85.6 cm³/mol. The van der Waals surface area contributed by atoms with Gasteiger partial charge in [0, 0.05) is 13.2 Å². The molecule has 0 aliphatic carbocycles. The number of nitrogens with one attached hydrogen (secondary N) is 3. The predicted octanol–water partition coefficient (Wildman–Crippen LogP) is 2.07. The number of carbonyl (C=O) groups excluding carboxylic acids is 1. The smallest absolute Gasteiger partial charge is 0.244 e. The summed E-state index contributed by atoms with van der Waals surface area (Å²) < 4.78 is 5.45. The molecule has 2 atom stereocenters. The van der Waals surface area contributed by atoms with E-state index in [1.807, 2.05) is 31.2 Å². The van der Waals surface area contributed by atoms with Gasteiger partial charge in [0.2, 0.25) is 5.91 Å². The van der Waals surface area contributed by atoms with Crippen LogP contribution >= 0.6 is 0 Å². The van der Waals surface area contributed by atoms with Gasteiger partial charge in [0.05, 0.1) is 24.0 Å². The number of anilines is 2. The fourth-order valence-electron chi connectivity index (χ4n) is 2.30. The van der Waals surface area contributed by atoms with Crippen molar-refractivity contribution in [3.63, 3.8) is 0 Å². The molecule has 2 rings (SSSR count). The molecule has 116 valence electrons. The first-order chi connectivity index (χ1) is 10.1. The molecule has 0 saturated heterocycles. The molecule has 0 fully saturated rings. The molecule has 1 aliphatic heterocycles. The number of hydrogen-bond acceptors (Lipinski definition) is 4. The molecule has 0 spiro atoms. The molecule has 2 unspecified atom stereocenters. The van der Waals surface area contributed by atoms with E-state index in [9.17, 15) is 4.79 Å². The van der Waals surface area contributed by atoms with Crippen molar-refractivity contribution >= 4 is 17.3 Å². The molecule has 1 heterocycles. The highest BCUT2D eigenvalue weighted by atomic mass is 16.5. The van der Waals surface area contributed by atoms with E-state index in [0.717, 1.165) is 11.4 Å². The summed E-state index contributed by atoms with van der Waals surface area (Å²) in [5, 5.41) is 9.65. The van der Waals surface area contributed by atoms with Gasteiger partial charge in [-0.15, -0.1) is 0 Å². The van der Waals surface area contributed by atoms with Crippen molar-refractivity contribution in [2.75, 3.05) is 30.4 Å². The van der Waals surface area contributed by atoms with Crippen molar-refractivity contribution in [1.82, 2.24) is 5.32 Å². The maximum Gasteiger partial charge on any atom is 0.244 e. The summed E-state index contributed by atoms with van der Waals surface area (Å²) in [5.41, 5.74) is 2.01. The number of ether oxygens (including phenoxy) is 1. The summed E-state index contributed by atoms with van der Waals surface area (Å²) in [6.07, 6.45) is 0. The summed E-state index contributed by atoms with van der Waals surface area (Å²) in [5.74, 6) is 0.347. The average molecular weight is 291 g/mol. The summed E-state index contributed by atoms with van der Waals surface area (Å²) in [7, 11) is 0. The lowest BCUT2D eigenvalue weighted by Crippen LogP contribution is -2.51. The van der Waals surface area contributed by atoms with Crippen LogP contribution < -0.4 is 16.0 Å². The molecule has 21 heavy (non-hydrogen) atoms. The molecule has 1 aliphatic rings. The molecular formula is C16H25N3O2. The maximum absolute atomic E-state index is 12.4. The van der Waals surface area contributed by atoms with Crippen molar-refractivity contribution in [2.45, 2.75) is 32.9 Å². The summed E-state index contributed by atoms with van der Waals surface area (Å²) in [6, 6.07) is 7.69. The Morgan fingerprint density at radius 3 is 2.76 bits per heavy atom. The Morgan fingerprint density at radius 2 is 2.10 bits per heavy atom. The Bertz CT molecular complexity index is 476. The van der Waals surface area contributed by atoms with Crippen LogP contribution in [0.1, 0.15) is 20.8 Å². The zero-order chi connectivity index (χ0) is 15.2. The molecule has 1 aromatic carbocycles.